The number of thiophene rings is 1. The van der Waals surface area contributed by atoms with Crippen LogP contribution in [0.3, 0.4) is 0 Å². The molecule has 3 unspecified atom stereocenters. The van der Waals surface area contributed by atoms with Crippen LogP contribution in [-0.4, -0.2) is 6.04 Å². The van der Waals surface area contributed by atoms with Crippen LogP contribution >= 0.6 is 38.9 Å². The normalized spacial score (nSPS) is 32.5. The first-order valence-electron chi connectivity index (χ1n) is 5.89. The molecule has 3 rings (SSSR count). The van der Waals surface area contributed by atoms with E-state index in [9.17, 15) is 0 Å². The quantitative estimate of drug-likeness (QED) is 0.868. The van der Waals surface area contributed by atoms with Crippen LogP contribution in [0.25, 0.3) is 0 Å². The predicted molar refractivity (Wildman–Crippen MR) is 73.1 cm³/mol. The van der Waals surface area contributed by atoms with Crippen molar-refractivity contribution >= 4 is 38.9 Å². The van der Waals surface area contributed by atoms with Gasteiger partial charge in [0.15, 0.2) is 0 Å². The van der Waals surface area contributed by atoms with E-state index in [1.807, 2.05) is 0 Å². The molecule has 16 heavy (non-hydrogen) atoms. The van der Waals surface area contributed by atoms with Crippen molar-refractivity contribution in [3.8, 4) is 0 Å². The summed E-state index contributed by atoms with van der Waals surface area (Å²) in [7, 11) is 0. The third-order valence-corrected chi connectivity index (χ3v) is 6.45. The number of rotatable bonds is 3. The molecule has 3 atom stereocenters. The third kappa shape index (κ3) is 2.20. The number of hydrogen-bond donors (Lipinski definition) is 1. The molecule has 2 fully saturated rings. The van der Waals surface area contributed by atoms with Gasteiger partial charge < -0.3 is 5.32 Å². The lowest BCUT2D eigenvalue weighted by molar-refractivity contribution is 0.351. The molecule has 2 aliphatic rings. The maximum absolute atomic E-state index is 6.03. The lowest BCUT2D eigenvalue weighted by Gasteiger charge is -2.22. The zero-order chi connectivity index (χ0) is 11.1. The Kier molecular flexibility index (Phi) is 3.31. The fraction of sp³-hybridized carbons (Fsp3) is 0.667. The first-order valence-corrected chi connectivity index (χ1v) is 7.88. The summed E-state index contributed by atoms with van der Waals surface area (Å²) in [6.07, 6.45) is 5.77. The summed E-state index contributed by atoms with van der Waals surface area (Å²) in [5.41, 5.74) is 0. The van der Waals surface area contributed by atoms with E-state index in [1.165, 1.54) is 30.6 Å². The Morgan fingerprint density at radius 3 is 2.88 bits per heavy atom. The number of fused-ring (bicyclic) bond motifs is 2. The van der Waals surface area contributed by atoms with Gasteiger partial charge in [-0.1, -0.05) is 18.0 Å². The highest BCUT2D eigenvalue weighted by molar-refractivity contribution is 9.10. The summed E-state index contributed by atoms with van der Waals surface area (Å²) in [4.78, 5) is 1.33. The minimum absolute atomic E-state index is 0.762. The zero-order valence-corrected chi connectivity index (χ0v) is 12.2. The van der Waals surface area contributed by atoms with Crippen molar-refractivity contribution in [3.63, 3.8) is 0 Å². The minimum Gasteiger partial charge on any atom is -0.309 e. The second-order valence-electron chi connectivity index (χ2n) is 5.00. The maximum atomic E-state index is 6.03. The first-order chi connectivity index (χ1) is 7.72. The van der Waals surface area contributed by atoms with Crippen molar-refractivity contribution in [2.45, 2.75) is 38.3 Å². The molecule has 0 radical (unpaired) electrons. The van der Waals surface area contributed by atoms with Crippen molar-refractivity contribution in [1.82, 2.24) is 5.32 Å². The topological polar surface area (TPSA) is 12.0 Å². The Morgan fingerprint density at radius 1 is 1.44 bits per heavy atom. The summed E-state index contributed by atoms with van der Waals surface area (Å²) in [6.45, 7) is 0.976. The van der Waals surface area contributed by atoms with E-state index >= 15 is 0 Å². The van der Waals surface area contributed by atoms with Gasteiger partial charge in [0.25, 0.3) is 0 Å². The van der Waals surface area contributed by atoms with Gasteiger partial charge in [-0.2, -0.15) is 0 Å². The highest BCUT2D eigenvalue weighted by Crippen LogP contribution is 2.44. The summed E-state index contributed by atoms with van der Waals surface area (Å²) < 4.78 is 1.90. The lowest BCUT2D eigenvalue weighted by atomic mass is 9.95. The van der Waals surface area contributed by atoms with Crippen molar-refractivity contribution < 1.29 is 0 Å². The van der Waals surface area contributed by atoms with Gasteiger partial charge in [0.1, 0.15) is 4.34 Å². The fourth-order valence-corrected chi connectivity index (χ4v) is 4.95. The fourth-order valence-electron chi connectivity index (χ4n) is 3.20. The van der Waals surface area contributed by atoms with Gasteiger partial charge in [-0.05, 0) is 53.1 Å². The Hall–Kier alpha value is 0.430. The van der Waals surface area contributed by atoms with E-state index in [0.29, 0.717) is 0 Å². The second kappa shape index (κ2) is 4.60. The van der Waals surface area contributed by atoms with Gasteiger partial charge >= 0.3 is 0 Å². The SMILES string of the molecule is Clc1sc(CNC2CC3CCC2C3)cc1Br. The van der Waals surface area contributed by atoms with Crippen LogP contribution in [0.1, 0.15) is 30.6 Å². The standard InChI is InChI=1S/C12H15BrClNS/c13-10-5-9(16-12(10)14)6-15-11-4-7-1-2-8(11)3-7/h5,7-8,11,15H,1-4,6H2. The molecule has 1 nitrogen and oxygen atoms in total. The second-order valence-corrected chi connectivity index (χ2v) is 7.59. The summed E-state index contributed by atoms with van der Waals surface area (Å²) >= 11 is 11.2. The molecular weight excluding hydrogens is 306 g/mol. The Morgan fingerprint density at radius 2 is 2.31 bits per heavy atom. The number of halogens is 2. The minimum atomic E-state index is 0.762. The first kappa shape index (κ1) is 11.5. The molecule has 2 bridgehead atoms. The molecule has 0 saturated heterocycles. The monoisotopic (exact) mass is 319 g/mol. The third-order valence-electron chi connectivity index (χ3n) is 3.97. The van der Waals surface area contributed by atoms with Crippen molar-refractivity contribution in [2.24, 2.45) is 11.8 Å². The molecule has 0 aliphatic heterocycles. The van der Waals surface area contributed by atoms with Crippen molar-refractivity contribution in [3.05, 3.63) is 19.8 Å². The number of hydrogen-bond acceptors (Lipinski definition) is 2. The smallest absolute Gasteiger partial charge is 0.107 e. The molecule has 0 spiro atoms. The van der Waals surface area contributed by atoms with Crippen LogP contribution in [0.15, 0.2) is 10.5 Å². The van der Waals surface area contributed by atoms with Crippen LogP contribution < -0.4 is 5.32 Å². The van der Waals surface area contributed by atoms with Crippen LogP contribution in [0.2, 0.25) is 4.34 Å². The molecule has 0 amide bonds. The van der Waals surface area contributed by atoms with Crippen molar-refractivity contribution in [1.29, 1.82) is 0 Å². The number of nitrogens with one attached hydrogen (secondary N) is 1. The van der Waals surface area contributed by atoms with Crippen LogP contribution in [0.4, 0.5) is 0 Å². The molecule has 2 aliphatic carbocycles. The Labute approximate surface area is 114 Å². The van der Waals surface area contributed by atoms with E-state index in [1.54, 1.807) is 11.3 Å². The zero-order valence-electron chi connectivity index (χ0n) is 9.01. The molecule has 1 aromatic heterocycles. The van der Waals surface area contributed by atoms with Crippen LogP contribution in [0, 0.1) is 11.8 Å². The highest BCUT2D eigenvalue weighted by atomic mass is 79.9. The van der Waals surface area contributed by atoms with Crippen molar-refractivity contribution in [2.75, 3.05) is 0 Å². The van der Waals surface area contributed by atoms with E-state index < -0.39 is 0 Å². The van der Waals surface area contributed by atoms with E-state index in [-0.39, 0.29) is 0 Å². The summed E-state index contributed by atoms with van der Waals surface area (Å²) in [5, 5.41) is 3.70. The molecule has 1 N–H and O–H groups in total. The van der Waals surface area contributed by atoms with Gasteiger partial charge in [0.05, 0.1) is 0 Å². The maximum Gasteiger partial charge on any atom is 0.107 e. The van der Waals surface area contributed by atoms with Gasteiger partial charge in [0, 0.05) is 21.9 Å². The molecular formula is C12H15BrClNS. The van der Waals surface area contributed by atoms with Crippen LogP contribution in [0.5, 0.6) is 0 Å². The van der Waals surface area contributed by atoms with Gasteiger partial charge in [-0.3, -0.25) is 0 Å². The summed E-state index contributed by atoms with van der Waals surface area (Å²) in [5.74, 6) is 1.96. The molecule has 1 heterocycles. The summed E-state index contributed by atoms with van der Waals surface area (Å²) in [6, 6.07) is 2.89. The van der Waals surface area contributed by atoms with E-state index in [2.05, 4.69) is 27.3 Å². The van der Waals surface area contributed by atoms with Gasteiger partial charge in [-0.15, -0.1) is 11.3 Å². The van der Waals surface area contributed by atoms with Crippen LogP contribution in [-0.2, 0) is 6.54 Å². The molecule has 2 saturated carbocycles. The predicted octanol–water partition coefficient (Wildman–Crippen LogP) is 4.44. The average Bonchev–Trinajstić information content (AvgIpc) is 2.92. The molecule has 88 valence electrons. The Balaban J connectivity index is 1.57. The largest absolute Gasteiger partial charge is 0.309 e. The Bertz CT molecular complexity index is 373. The molecule has 0 aromatic carbocycles. The highest BCUT2D eigenvalue weighted by Gasteiger charge is 2.38. The van der Waals surface area contributed by atoms with Gasteiger partial charge in [-0.25, -0.2) is 0 Å². The van der Waals surface area contributed by atoms with E-state index in [0.717, 1.165) is 33.2 Å². The molecule has 4 heteroatoms. The molecule has 1 aromatic rings. The van der Waals surface area contributed by atoms with Gasteiger partial charge in [0.2, 0.25) is 0 Å². The van der Waals surface area contributed by atoms with E-state index in [4.69, 9.17) is 11.6 Å². The lowest BCUT2D eigenvalue weighted by Crippen LogP contribution is -2.33. The average molecular weight is 321 g/mol.